The van der Waals surface area contributed by atoms with E-state index >= 15 is 0 Å². The Balaban J connectivity index is 1.43. The summed E-state index contributed by atoms with van der Waals surface area (Å²) in [6.07, 6.45) is 8.14. The summed E-state index contributed by atoms with van der Waals surface area (Å²) in [7, 11) is -3.54. The van der Waals surface area contributed by atoms with Crippen molar-refractivity contribution in [2.75, 3.05) is 10.6 Å². The van der Waals surface area contributed by atoms with Crippen molar-refractivity contribution in [2.24, 2.45) is 5.92 Å². The van der Waals surface area contributed by atoms with Crippen molar-refractivity contribution in [1.29, 1.82) is 0 Å². The maximum absolute atomic E-state index is 13.0. The topological polar surface area (TPSA) is 118 Å². The molecule has 2 aromatic heterocycles. The van der Waals surface area contributed by atoms with Gasteiger partial charge in [0.2, 0.25) is 0 Å². The first kappa shape index (κ1) is 23.1. The van der Waals surface area contributed by atoms with Crippen molar-refractivity contribution in [2.45, 2.75) is 43.3 Å². The lowest BCUT2D eigenvalue weighted by Crippen LogP contribution is -2.22. The van der Waals surface area contributed by atoms with Gasteiger partial charge in [-0.1, -0.05) is 24.5 Å². The second-order valence-corrected chi connectivity index (χ2v) is 11.2. The highest BCUT2D eigenvalue weighted by Gasteiger charge is 2.26. The highest BCUT2D eigenvalue weighted by molar-refractivity contribution is 7.90. The number of Topliss-reactive ketones (excluding diaryl/α,β-unsaturated/α-hetero) is 1. The lowest BCUT2D eigenvalue weighted by atomic mass is 9.94. The first-order valence-corrected chi connectivity index (χ1v) is 13.1. The van der Waals surface area contributed by atoms with Crippen LogP contribution in [0.2, 0.25) is 0 Å². The van der Waals surface area contributed by atoms with Crippen LogP contribution < -0.4 is 10.6 Å². The Morgan fingerprint density at radius 2 is 1.82 bits per heavy atom. The zero-order valence-corrected chi connectivity index (χ0v) is 19.7. The van der Waals surface area contributed by atoms with Crippen molar-refractivity contribution < 1.29 is 18.0 Å². The van der Waals surface area contributed by atoms with Crippen molar-refractivity contribution in [1.82, 2.24) is 9.97 Å². The fourth-order valence-corrected chi connectivity index (χ4v) is 6.33. The van der Waals surface area contributed by atoms with E-state index in [2.05, 4.69) is 20.6 Å². The molecule has 1 fully saturated rings. The van der Waals surface area contributed by atoms with E-state index in [-0.39, 0.29) is 27.5 Å². The summed E-state index contributed by atoms with van der Waals surface area (Å²) < 4.78 is 25.1. The maximum atomic E-state index is 13.0. The van der Waals surface area contributed by atoms with E-state index in [4.69, 9.17) is 0 Å². The minimum atomic E-state index is -3.54. The maximum Gasteiger partial charge on any atom is 0.325 e. The van der Waals surface area contributed by atoms with E-state index in [0.717, 1.165) is 42.6 Å². The number of sulfone groups is 1. The number of urea groups is 1. The molecule has 0 radical (unpaired) electrons. The number of rotatable bonds is 7. The summed E-state index contributed by atoms with van der Waals surface area (Å²) in [5.74, 6) is -0.167. The monoisotopic (exact) mass is 484 g/mol. The lowest BCUT2D eigenvalue weighted by Gasteiger charge is -2.14. The van der Waals surface area contributed by atoms with Crippen LogP contribution in [0.25, 0.3) is 0 Å². The largest absolute Gasteiger partial charge is 0.325 e. The molecule has 4 rings (SSSR count). The van der Waals surface area contributed by atoms with Gasteiger partial charge in [0, 0.05) is 34.9 Å². The Kier molecular flexibility index (Phi) is 6.85. The quantitative estimate of drug-likeness (QED) is 0.464. The summed E-state index contributed by atoms with van der Waals surface area (Å²) in [5, 5.41) is 5.64. The lowest BCUT2D eigenvalue weighted by molar-refractivity contribution is 0.0923. The molecule has 0 aliphatic heterocycles. The van der Waals surface area contributed by atoms with Gasteiger partial charge in [-0.25, -0.2) is 18.2 Å². The highest BCUT2D eigenvalue weighted by atomic mass is 32.2. The molecule has 2 N–H and O–H groups in total. The molecular formula is C23H24N4O4S2. The van der Waals surface area contributed by atoms with E-state index in [0.29, 0.717) is 16.1 Å². The Bertz CT molecular complexity index is 1270. The second kappa shape index (κ2) is 9.80. The molecule has 2 heterocycles. The van der Waals surface area contributed by atoms with E-state index in [1.807, 2.05) is 19.1 Å². The van der Waals surface area contributed by atoms with Gasteiger partial charge in [-0.2, -0.15) is 0 Å². The number of thiazole rings is 1. The smallest absolute Gasteiger partial charge is 0.307 e. The molecule has 0 bridgehead atoms. The molecule has 33 heavy (non-hydrogen) atoms. The number of amides is 2. The fourth-order valence-electron chi connectivity index (χ4n) is 3.88. The van der Waals surface area contributed by atoms with Gasteiger partial charge in [-0.15, -0.1) is 11.3 Å². The van der Waals surface area contributed by atoms with Gasteiger partial charge >= 0.3 is 6.03 Å². The van der Waals surface area contributed by atoms with Gasteiger partial charge in [0.15, 0.2) is 20.8 Å². The summed E-state index contributed by atoms with van der Waals surface area (Å²) in [6.45, 7) is 1.91. The molecule has 0 unspecified atom stereocenters. The number of anilines is 2. The molecule has 1 aliphatic rings. The third kappa shape index (κ3) is 5.63. The van der Waals surface area contributed by atoms with E-state index in [1.165, 1.54) is 30.7 Å². The van der Waals surface area contributed by atoms with Crippen molar-refractivity contribution in [3.8, 4) is 0 Å². The normalized spacial score (nSPS) is 14.2. The summed E-state index contributed by atoms with van der Waals surface area (Å²) in [6, 6.07) is 7.71. The molecule has 0 spiro atoms. The SMILES string of the molecule is Cc1ccc(NC(=O)Nc2ncc(CS(=O)(=O)c3ccncc3)s2)c(C(=O)C2CCCC2)c1. The molecule has 1 aliphatic carbocycles. The number of nitrogens with zero attached hydrogens (tertiary/aromatic N) is 2. The number of aryl methyl sites for hydroxylation is 1. The van der Waals surface area contributed by atoms with Gasteiger partial charge in [-0.05, 0) is 44.0 Å². The zero-order chi connectivity index (χ0) is 23.4. The number of ketones is 1. The van der Waals surface area contributed by atoms with Crippen LogP contribution in [-0.4, -0.2) is 30.2 Å². The average Bonchev–Trinajstić information content (AvgIpc) is 3.47. The van der Waals surface area contributed by atoms with Crippen LogP contribution in [0.15, 0.2) is 53.8 Å². The fraction of sp³-hybridized carbons (Fsp3) is 0.304. The van der Waals surface area contributed by atoms with E-state index in [9.17, 15) is 18.0 Å². The average molecular weight is 485 g/mol. The molecule has 1 saturated carbocycles. The van der Waals surface area contributed by atoms with Crippen molar-refractivity contribution in [3.63, 3.8) is 0 Å². The van der Waals surface area contributed by atoms with Crippen LogP contribution in [-0.2, 0) is 15.6 Å². The molecule has 2 amide bonds. The van der Waals surface area contributed by atoms with Gasteiger partial charge in [0.1, 0.15) is 0 Å². The third-order valence-electron chi connectivity index (χ3n) is 5.53. The van der Waals surface area contributed by atoms with Crippen molar-refractivity contribution >= 4 is 43.8 Å². The molecular weight excluding hydrogens is 460 g/mol. The van der Waals surface area contributed by atoms with Crippen LogP contribution in [0.4, 0.5) is 15.6 Å². The molecule has 0 atom stereocenters. The minimum absolute atomic E-state index is 0.000670. The van der Waals surface area contributed by atoms with E-state index in [1.54, 1.807) is 6.07 Å². The van der Waals surface area contributed by atoms with Crippen LogP contribution >= 0.6 is 11.3 Å². The van der Waals surface area contributed by atoms with Crippen LogP contribution in [0, 0.1) is 12.8 Å². The Morgan fingerprint density at radius 3 is 2.55 bits per heavy atom. The first-order chi connectivity index (χ1) is 15.8. The third-order valence-corrected chi connectivity index (χ3v) is 8.31. The summed E-state index contributed by atoms with van der Waals surface area (Å²) in [5.41, 5.74) is 1.91. The van der Waals surface area contributed by atoms with Gasteiger partial charge < -0.3 is 5.32 Å². The summed E-state index contributed by atoms with van der Waals surface area (Å²) >= 11 is 1.08. The van der Waals surface area contributed by atoms with Gasteiger partial charge in [0.25, 0.3) is 0 Å². The zero-order valence-electron chi connectivity index (χ0n) is 18.1. The number of aromatic nitrogens is 2. The van der Waals surface area contributed by atoms with Crippen LogP contribution in [0.5, 0.6) is 0 Å². The molecule has 8 nitrogen and oxygen atoms in total. The standard InChI is InChI=1S/C23H24N4O4S2/c1-15-6-7-20(19(12-15)21(28)16-4-2-3-5-16)26-22(29)27-23-25-13-17(32-23)14-33(30,31)18-8-10-24-11-9-18/h6-13,16H,2-5,14H2,1H3,(H2,25,26,27,29). The number of nitrogens with one attached hydrogen (secondary N) is 2. The number of benzene rings is 1. The molecule has 1 aromatic carbocycles. The number of hydrogen-bond donors (Lipinski definition) is 2. The second-order valence-electron chi connectivity index (χ2n) is 8.05. The predicted molar refractivity (Wildman–Crippen MR) is 127 cm³/mol. The molecule has 3 aromatic rings. The Labute approximate surface area is 196 Å². The molecule has 0 saturated heterocycles. The van der Waals surface area contributed by atoms with Crippen LogP contribution in [0.3, 0.4) is 0 Å². The van der Waals surface area contributed by atoms with Gasteiger partial charge in [0.05, 0.1) is 16.3 Å². The molecule has 10 heteroatoms. The van der Waals surface area contributed by atoms with E-state index < -0.39 is 15.9 Å². The number of carbonyl (C=O) groups excluding carboxylic acids is 2. The Morgan fingerprint density at radius 1 is 1.09 bits per heavy atom. The number of hydrogen-bond acceptors (Lipinski definition) is 7. The van der Waals surface area contributed by atoms with Crippen LogP contribution in [0.1, 0.15) is 46.5 Å². The highest BCUT2D eigenvalue weighted by Crippen LogP contribution is 2.31. The minimum Gasteiger partial charge on any atom is -0.307 e. The van der Waals surface area contributed by atoms with Crippen molar-refractivity contribution in [3.05, 3.63) is 64.9 Å². The van der Waals surface area contributed by atoms with Gasteiger partial charge in [-0.3, -0.25) is 15.1 Å². The Hall–Kier alpha value is -3.11. The number of carbonyl (C=O) groups is 2. The molecule has 172 valence electrons. The predicted octanol–water partition coefficient (Wildman–Crippen LogP) is 4.84. The summed E-state index contributed by atoms with van der Waals surface area (Å²) in [4.78, 5) is 34.2. The first-order valence-electron chi connectivity index (χ1n) is 10.6. The number of pyridine rings is 1.